The lowest BCUT2D eigenvalue weighted by Crippen LogP contribution is -2.06. The quantitative estimate of drug-likeness (QED) is 0.160. The molecule has 0 saturated carbocycles. The maximum atomic E-state index is 11.1. The van der Waals surface area contributed by atoms with E-state index in [0.29, 0.717) is 19.3 Å². The molecule has 10 nitrogen and oxygen atoms in total. The lowest BCUT2D eigenvalue weighted by Gasteiger charge is -2.00. The molecule has 0 aliphatic carbocycles. The number of unbranched alkanes of at least 4 members (excludes halogenated alkanes) is 5. The standard InChI is InChI=1S/C18H27N3O7/c1-2-10-17(20(25)26)15-18(21(27)28)13-9-12-16(19(23)24)11-7-5-3-4-6-8-14-22/h10,12-14H,2-9,11,15H2,1H3/b16-12+,17-10+,18-13+. The maximum absolute atomic E-state index is 11.1. The molecule has 0 aromatic heterocycles. The van der Waals surface area contributed by atoms with Gasteiger partial charge in [-0.2, -0.15) is 0 Å². The predicted octanol–water partition coefficient (Wildman–Crippen LogP) is 4.59. The molecular weight excluding hydrogens is 370 g/mol. The Balaban J connectivity index is 4.80. The Morgan fingerprint density at radius 3 is 1.79 bits per heavy atom. The van der Waals surface area contributed by atoms with Gasteiger partial charge in [0.25, 0.3) is 11.4 Å². The van der Waals surface area contributed by atoms with Gasteiger partial charge in [-0.05, 0) is 43.9 Å². The zero-order valence-corrected chi connectivity index (χ0v) is 16.1. The van der Waals surface area contributed by atoms with Gasteiger partial charge in [-0.1, -0.05) is 26.2 Å². The van der Waals surface area contributed by atoms with Gasteiger partial charge in [0, 0.05) is 12.8 Å². The summed E-state index contributed by atoms with van der Waals surface area (Å²) < 4.78 is 0. The molecule has 0 heterocycles. The summed E-state index contributed by atoms with van der Waals surface area (Å²) in [6, 6.07) is 0. The highest BCUT2D eigenvalue weighted by atomic mass is 16.6. The second-order valence-electron chi connectivity index (χ2n) is 6.15. The minimum absolute atomic E-state index is 0.0227. The molecule has 28 heavy (non-hydrogen) atoms. The molecule has 0 bridgehead atoms. The largest absolute Gasteiger partial charge is 0.303 e. The van der Waals surface area contributed by atoms with E-state index in [4.69, 9.17) is 0 Å². The number of aldehydes is 1. The van der Waals surface area contributed by atoms with Gasteiger partial charge in [0.2, 0.25) is 5.70 Å². The van der Waals surface area contributed by atoms with E-state index in [1.165, 1.54) is 18.2 Å². The molecule has 0 aliphatic rings. The van der Waals surface area contributed by atoms with Crippen LogP contribution in [0, 0.1) is 30.3 Å². The number of rotatable bonds is 16. The number of hydrogen-bond acceptors (Lipinski definition) is 7. The third kappa shape index (κ3) is 11.7. The Hall–Kier alpha value is -2.91. The molecule has 0 fully saturated rings. The van der Waals surface area contributed by atoms with Crippen LogP contribution in [-0.4, -0.2) is 21.1 Å². The smallest absolute Gasteiger partial charge is 0.253 e. The van der Waals surface area contributed by atoms with Crippen LogP contribution in [0.2, 0.25) is 0 Å². The zero-order valence-electron chi connectivity index (χ0n) is 16.1. The molecule has 0 spiro atoms. The molecule has 0 unspecified atom stereocenters. The highest BCUT2D eigenvalue weighted by Crippen LogP contribution is 2.16. The van der Waals surface area contributed by atoms with Crippen LogP contribution in [-0.2, 0) is 4.79 Å². The van der Waals surface area contributed by atoms with Gasteiger partial charge in [-0.3, -0.25) is 30.3 Å². The number of allylic oxidation sites excluding steroid dienone is 4. The first-order valence-electron chi connectivity index (χ1n) is 9.27. The van der Waals surface area contributed by atoms with Crippen LogP contribution >= 0.6 is 0 Å². The Morgan fingerprint density at radius 2 is 1.25 bits per heavy atom. The van der Waals surface area contributed by atoms with E-state index in [1.54, 1.807) is 6.92 Å². The van der Waals surface area contributed by atoms with Crippen molar-refractivity contribution in [2.75, 3.05) is 0 Å². The third-order valence-electron chi connectivity index (χ3n) is 3.97. The third-order valence-corrected chi connectivity index (χ3v) is 3.97. The van der Waals surface area contributed by atoms with Crippen LogP contribution in [0.5, 0.6) is 0 Å². The number of nitrogens with zero attached hydrogens (tertiary/aromatic N) is 3. The van der Waals surface area contributed by atoms with Crippen molar-refractivity contribution >= 4 is 6.29 Å². The van der Waals surface area contributed by atoms with Crippen LogP contribution in [0.1, 0.15) is 71.1 Å². The molecule has 0 radical (unpaired) electrons. The van der Waals surface area contributed by atoms with E-state index in [1.807, 2.05) is 0 Å². The second-order valence-corrected chi connectivity index (χ2v) is 6.15. The van der Waals surface area contributed by atoms with E-state index in [2.05, 4.69) is 0 Å². The van der Waals surface area contributed by atoms with Crippen LogP contribution in [0.25, 0.3) is 0 Å². The summed E-state index contributed by atoms with van der Waals surface area (Å²) in [6.07, 6.45) is 9.36. The zero-order chi connectivity index (χ0) is 21.4. The molecule has 0 atom stereocenters. The normalized spacial score (nSPS) is 12.7. The molecule has 10 heteroatoms. The molecular formula is C18H27N3O7. The van der Waals surface area contributed by atoms with Crippen LogP contribution in [0.3, 0.4) is 0 Å². The fourth-order valence-corrected chi connectivity index (χ4v) is 2.51. The summed E-state index contributed by atoms with van der Waals surface area (Å²) in [5.41, 5.74) is -0.644. The Kier molecular flexibility index (Phi) is 13.6. The number of carbonyl (C=O) groups excluding carboxylic acids is 1. The minimum atomic E-state index is -0.702. The minimum Gasteiger partial charge on any atom is -0.303 e. The highest BCUT2D eigenvalue weighted by molar-refractivity contribution is 5.48. The number of nitro groups is 3. The van der Waals surface area contributed by atoms with Crippen molar-refractivity contribution in [2.24, 2.45) is 0 Å². The van der Waals surface area contributed by atoms with Gasteiger partial charge in [0.1, 0.15) is 12.7 Å². The van der Waals surface area contributed by atoms with Crippen molar-refractivity contribution in [2.45, 2.75) is 71.1 Å². The van der Waals surface area contributed by atoms with Crippen LogP contribution in [0.4, 0.5) is 0 Å². The lowest BCUT2D eigenvalue weighted by atomic mass is 10.1. The summed E-state index contributed by atoms with van der Waals surface area (Å²) in [6.45, 7) is 1.69. The van der Waals surface area contributed by atoms with Crippen molar-refractivity contribution in [1.82, 2.24) is 0 Å². The highest BCUT2D eigenvalue weighted by Gasteiger charge is 2.20. The van der Waals surface area contributed by atoms with E-state index in [9.17, 15) is 35.1 Å². The van der Waals surface area contributed by atoms with Crippen molar-refractivity contribution in [1.29, 1.82) is 0 Å². The molecule has 0 saturated heterocycles. The van der Waals surface area contributed by atoms with E-state index < -0.39 is 21.2 Å². The Morgan fingerprint density at radius 1 is 0.750 bits per heavy atom. The van der Waals surface area contributed by atoms with E-state index in [-0.39, 0.29) is 29.9 Å². The van der Waals surface area contributed by atoms with Crippen molar-refractivity contribution < 1.29 is 19.6 Å². The molecule has 0 rings (SSSR count). The van der Waals surface area contributed by atoms with Gasteiger partial charge in [0.05, 0.1) is 14.8 Å². The first-order valence-corrected chi connectivity index (χ1v) is 9.27. The molecule has 0 aliphatic heterocycles. The molecule has 0 N–H and O–H groups in total. The molecule has 0 aromatic carbocycles. The van der Waals surface area contributed by atoms with Crippen molar-refractivity contribution in [3.63, 3.8) is 0 Å². The fraction of sp³-hybridized carbons (Fsp3) is 0.611. The topological polar surface area (TPSA) is 146 Å². The fourth-order valence-electron chi connectivity index (χ4n) is 2.51. The van der Waals surface area contributed by atoms with E-state index in [0.717, 1.165) is 32.0 Å². The first kappa shape index (κ1) is 25.1. The Labute approximate surface area is 163 Å². The molecule has 156 valence electrons. The summed E-state index contributed by atoms with van der Waals surface area (Å²) in [4.78, 5) is 41.5. The summed E-state index contributed by atoms with van der Waals surface area (Å²) in [5.74, 6) is 0. The number of hydrogen-bond donors (Lipinski definition) is 0. The van der Waals surface area contributed by atoms with Gasteiger partial charge >= 0.3 is 0 Å². The molecule has 0 aromatic rings. The Bertz CT molecular complexity index is 639. The van der Waals surface area contributed by atoms with Gasteiger partial charge < -0.3 is 4.79 Å². The maximum Gasteiger partial charge on any atom is 0.253 e. The first-order chi connectivity index (χ1) is 13.3. The summed E-state index contributed by atoms with van der Waals surface area (Å²) in [7, 11) is 0. The monoisotopic (exact) mass is 397 g/mol. The SMILES string of the molecule is CC/C=C(\C/C(=C\C/C=C(\CCCCCCCC=O)[N+](=O)[O-])[N+](=O)[O-])[N+](=O)[O-]. The van der Waals surface area contributed by atoms with Crippen molar-refractivity contribution in [3.05, 3.63) is 65.7 Å². The van der Waals surface area contributed by atoms with Crippen molar-refractivity contribution in [3.8, 4) is 0 Å². The lowest BCUT2D eigenvalue weighted by molar-refractivity contribution is -0.450. The van der Waals surface area contributed by atoms with Gasteiger partial charge in [0.15, 0.2) is 0 Å². The number of carbonyl (C=O) groups is 1. The van der Waals surface area contributed by atoms with Gasteiger partial charge in [-0.25, -0.2) is 0 Å². The summed E-state index contributed by atoms with van der Waals surface area (Å²) >= 11 is 0. The van der Waals surface area contributed by atoms with Crippen LogP contribution in [0.15, 0.2) is 35.3 Å². The average Bonchev–Trinajstić information content (AvgIpc) is 2.63. The van der Waals surface area contributed by atoms with E-state index >= 15 is 0 Å². The summed E-state index contributed by atoms with van der Waals surface area (Å²) in [5, 5.41) is 33.1. The second kappa shape index (κ2) is 15.2. The average molecular weight is 397 g/mol. The molecule has 0 amide bonds. The van der Waals surface area contributed by atoms with Gasteiger partial charge in [-0.15, -0.1) is 0 Å². The van der Waals surface area contributed by atoms with Crippen LogP contribution < -0.4 is 0 Å². The predicted molar refractivity (Wildman–Crippen MR) is 103 cm³/mol.